The number of ether oxygens (including phenoxy) is 1. The zero-order chi connectivity index (χ0) is 22.5. The number of nitrogens with one attached hydrogen (secondary N) is 1. The van der Waals surface area contributed by atoms with Crippen LogP contribution in [0.1, 0.15) is 46.3 Å². The number of carbonyl (C=O) groups excluding carboxylic acids is 2. The van der Waals surface area contributed by atoms with Gasteiger partial charge in [-0.25, -0.2) is 9.18 Å². The van der Waals surface area contributed by atoms with Gasteiger partial charge in [-0.2, -0.15) is 0 Å². The first-order valence-electron chi connectivity index (χ1n) is 10.6. The molecule has 1 N–H and O–H groups in total. The maximum atomic E-state index is 13.4. The number of rotatable bonds is 7. The molecule has 0 unspecified atom stereocenters. The standard InChI is InChI=1S/C27H24FNO3/c1-18(30)25-16-20(28)14-13-19(25)8-6-7-15-29-27(31)32-17-26-23-11-4-2-9-21(23)22-10-3-5-12-24(22)26/h2-6,8-14,16,26H,7,15,17H2,1H3,(H,29,31). The van der Waals surface area contributed by atoms with Crippen LogP contribution < -0.4 is 5.32 Å². The second-order valence-corrected chi connectivity index (χ2v) is 7.73. The van der Waals surface area contributed by atoms with E-state index in [0.717, 1.165) is 0 Å². The summed E-state index contributed by atoms with van der Waals surface area (Å²) < 4.78 is 18.9. The predicted octanol–water partition coefficient (Wildman–Crippen LogP) is 5.97. The molecule has 0 heterocycles. The Labute approximate surface area is 186 Å². The lowest BCUT2D eigenvalue weighted by atomic mass is 9.98. The molecule has 0 spiro atoms. The van der Waals surface area contributed by atoms with Crippen LogP contribution in [0.15, 0.2) is 72.8 Å². The first kappa shape index (κ1) is 21.5. The number of ketones is 1. The van der Waals surface area contributed by atoms with Crippen LogP contribution in [-0.2, 0) is 4.74 Å². The lowest BCUT2D eigenvalue weighted by Gasteiger charge is -2.14. The monoisotopic (exact) mass is 429 g/mol. The average molecular weight is 429 g/mol. The topological polar surface area (TPSA) is 55.4 Å². The summed E-state index contributed by atoms with van der Waals surface area (Å²) in [6, 6.07) is 20.5. The molecule has 3 aromatic carbocycles. The molecule has 1 aliphatic rings. The molecule has 4 rings (SSSR count). The van der Waals surface area contributed by atoms with Crippen LogP contribution in [0, 0.1) is 5.82 Å². The molecule has 0 radical (unpaired) electrons. The van der Waals surface area contributed by atoms with Gasteiger partial charge in [0.25, 0.3) is 0 Å². The summed E-state index contributed by atoms with van der Waals surface area (Å²) in [5.74, 6) is -0.610. The maximum absolute atomic E-state index is 13.4. The number of hydrogen-bond acceptors (Lipinski definition) is 3. The van der Waals surface area contributed by atoms with Gasteiger partial charge in [0.05, 0.1) is 0 Å². The minimum atomic E-state index is -0.466. The van der Waals surface area contributed by atoms with Crippen molar-refractivity contribution in [1.82, 2.24) is 5.32 Å². The molecule has 0 atom stereocenters. The number of carbonyl (C=O) groups is 2. The quantitative estimate of drug-likeness (QED) is 0.372. The summed E-state index contributed by atoms with van der Waals surface area (Å²) in [5.41, 5.74) is 5.71. The minimum Gasteiger partial charge on any atom is -0.449 e. The number of hydrogen-bond donors (Lipinski definition) is 1. The molecule has 162 valence electrons. The fourth-order valence-electron chi connectivity index (χ4n) is 4.10. The molecule has 0 aliphatic heterocycles. The van der Waals surface area contributed by atoms with Gasteiger partial charge in [0.2, 0.25) is 0 Å². The number of benzene rings is 3. The SMILES string of the molecule is CC(=O)c1cc(F)ccc1C=CCCNC(=O)OCC1c2ccccc2-c2ccccc21. The lowest BCUT2D eigenvalue weighted by molar-refractivity contribution is 0.101. The van der Waals surface area contributed by atoms with E-state index >= 15 is 0 Å². The van der Waals surface area contributed by atoms with Gasteiger partial charge in [0.1, 0.15) is 12.4 Å². The molecular weight excluding hydrogens is 405 g/mol. The molecule has 1 amide bonds. The summed E-state index contributed by atoms with van der Waals surface area (Å²) in [4.78, 5) is 23.9. The smallest absolute Gasteiger partial charge is 0.407 e. The summed E-state index contributed by atoms with van der Waals surface area (Å²) in [6.45, 7) is 2.07. The number of amides is 1. The Kier molecular flexibility index (Phi) is 6.45. The largest absolute Gasteiger partial charge is 0.449 e. The van der Waals surface area contributed by atoms with Crippen LogP contribution in [0.25, 0.3) is 17.2 Å². The van der Waals surface area contributed by atoms with Gasteiger partial charge < -0.3 is 10.1 Å². The third-order valence-corrected chi connectivity index (χ3v) is 5.62. The highest BCUT2D eigenvalue weighted by atomic mass is 19.1. The van der Waals surface area contributed by atoms with Crippen molar-refractivity contribution >= 4 is 18.0 Å². The highest BCUT2D eigenvalue weighted by Gasteiger charge is 2.28. The maximum Gasteiger partial charge on any atom is 0.407 e. The molecule has 3 aromatic rings. The van der Waals surface area contributed by atoms with Crippen molar-refractivity contribution < 1.29 is 18.7 Å². The zero-order valence-corrected chi connectivity index (χ0v) is 17.8. The molecular formula is C27H24FNO3. The minimum absolute atomic E-state index is 0.0246. The zero-order valence-electron chi connectivity index (χ0n) is 17.8. The van der Waals surface area contributed by atoms with E-state index in [-0.39, 0.29) is 18.3 Å². The van der Waals surface area contributed by atoms with Gasteiger partial charge in [0, 0.05) is 18.0 Å². The average Bonchev–Trinajstić information content (AvgIpc) is 3.12. The Morgan fingerprint density at radius 2 is 1.66 bits per heavy atom. The van der Waals surface area contributed by atoms with Gasteiger partial charge >= 0.3 is 6.09 Å². The van der Waals surface area contributed by atoms with Crippen LogP contribution in [0.3, 0.4) is 0 Å². The van der Waals surface area contributed by atoms with Gasteiger partial charge in [-0.3, -0.25) is 4.79 Å². The van der Waals surface area contributed by atoms with Crippen molar-refractivity contribution in [1.29, 1.82) is 0 Å². The molecule has 0 saturated heterocycles. The third-order valence-electron chi connectivity index (χ3n) is 5.62. The van der Waals surface area contributed by atoms with Gasteiger partial charge in [-0.15, -0.1) is 0 Å². The summed E-state index contributed by atoms with van der Waals surface area (Å²) >= 11 is 0. The summed E-state index contributed by atoms with van der Waals surface area (Å²) in [5, 5.41) is 2.75. The van der Waals surface area contributed by atoms with Crippen molar-refractivity contribution in [2.24, 2.45) is 0 Å². The molecule has 0 bridgehead atoms. The third kappa shape index (κ3) is 4.62. The molecule has 0 fully saturated rings. The molecule has 0 saturated carbocycles. The van der Waals surface area contributed by atoms with Gasteiger partial charge in [0.15, 0.2) is 5.78 Å². The Morgan fingerprint density at radius 3 is 2.31 bits per heavy atom. The number of halogens is 1. The van der Waals surface area contributed by atoms with E-state index in [4.69, 9.17) is 4.74 Å². The van der Waals surface area contributed by atoms with Crippen LogP contribution in [-0.4, -0.2) is 25.0 Å². The van der Waals surface area contributed by atoms with Crippen LogP contribution in [0.4, 0.5) is 9.18 Å². The van der Waals surface area contributed by atoms with Gasteiger partial charge in [-0.1, -0.05) is 66.7 Å². The van der Waals surface area contributed by atoms with Crippen molar-refractivity contribution in [3.63, 3.8) is 0 Å². The first-order valence-corrected chi connectivity index (χ1v) is 10.6. The molecule has 32 heavy (non-hydrogen) atoms. The normalized spacial score (nSPS) is 12.4. The first-order chi connectivity index (χ1) is 15.5. The molecule has 5 heteroatoms. The van der Waals surface area contributed by atoms with E-state index in [9.17, 15) is 14.0 Å². The molecule has 4 nitrogen and oxygen atoms in total. The van der Waals surface area contributed by atoms with Crippen molar-refractivity contribution in [2.75, 3.05) is 13.2 Å². The van der Waals surface area contributed by atoms with Gasteiger partial charge in [-0.05, 0) is 53.3 Å². The fourth-order valence-corrected chi connectivity index (χ4v) is 4.10. The highest BCUT2D eigenvalue weighted by molar-refractivity contribution is 5.97. The van der Waals surface area contributed by atoms with E-state index in [1.54, 1.807) is 12.1 Å². The molecule has 1 aliphatic carbocycles. The van der Waals surface area contributed by atoms with Crippen LogP contribution >= 0.6 is 0 Å². The van der Waals surface area contributed by atoms with E-state index in [2.05, 4.69) is 29.6 Å². The Hall–Kier alpha value is -3.73. The van der Waals surface area contributed by atoms with E-state index in [0.29, 0.717) is 24.1 Å². The van der Waals surface area contributed by atoms with Crippen molar-refractivity contribution in [3.05, 3.63) is 101 Å². The lowest BCUT2D eigenvalue weighted by Crippen LogP contribution is -2.26. The van der Waals surface area contributed by atoms with Crippen molar-refractivity contribution in [3.8, 4) is 11.1 Å². The summed E-state index contributed by atoms with van der Waals surface area (Å²) in [6.07, 6.45) is 3.68. The molecule has 0 aromatic heterocycles. The summed E-state index contributed by atoms with van der Waals surface area (Å²) in [7, 11) is 0. The second-order valence-electron chi connectivity index (χ2n) is 7.73. The Bertz CT molecular complexity index is 1140. The fraction of sp³-hybridized carbons (Fsp3) is 0.185. The number of fused-ring (bicyclic) bond motifs is 3. The van der Waals surface area contributed by atoms with Crippen molar-refractivity contribution in [2.45, 2.75) is 19.3 Å². The number of Topliss-reactive ketones (excluding diaryl/α,β-unsaturated/α-hetero) is 1. The Balaban J connectivity index is 1.29. The van der Waals surface area contributed by atoms with E-state index < -0.39 is 11.9 Å². The predicted molar refractivity (Wildman–Crippen MR) is 123 cm³/mol. The van der Waals surface area contributed by atoms with E-state index in [1.165, 1.54) is 41.3 Å². The van der Waals surface area contributed by atoms with Crippen LogP contribution in [0.2, 0.25) is 0 Å². The highest BCUT2D eigenvalue weighted by Crippen LogP contribution is 2.44. The second kappa shape index (κ2) is 9.60. The van der Waals surface area contributed by atoms with E-state index in [1.807, 2.05) is 30.3 Å². The van der Waals surface area contributed by atoms with Crippen LogP contribution in [0.5, 0.6) is 0 Å². The Morgan fingerprint density at radius 1 is 1.00 bits per heavy atom. The number of alkyl carbamates (subject to hydrolysis) is 1.